The van der Waals surface area contributed by atoms with Gasteiger partial charge in [-0.1, -0.05) is 50.2 Å². The first-order valence-electron chi connectivity index (χ1n) is 9.41. The molecule has 2 aromatic carbocycles. The summed E-state index contributed by atoms with van der Waals surface area (Å²) >= 11 is 0. The van der Waals surface area contributed by atoms with E-state index in [1.54, 1.807) is 0 Å². The first kappa shape index (κ1) is 21.5. The third kappa shape index (κ3) is 4.95. The molecule has 2 atom stereocenters. The first-order chi connectivity index (χ1) is 12.5. The number of ether oxygens (including phenoxy) is 1. The molecule has 0 heterocycles. The van der Waals surface area contributed by atoms with Crippen molar-refractivity contribution in [1.29, 1.82) is 0 Å². The smallest absolute Gasteiger partial charge is 0.143 e. The predicted molar refractivity (Wildman–Crippen MR) is 114 cm³/mol. The Morgan fingerprint density at radius 2 is 1.85 bits per heavy atom. The van der Waals surface area contributed by atoms with Gasteiger partial charge in [0.25, 0.3) is 0 Å². The number of rotatable bonds is 6. The molecule has 0 spiro atoms. The van der Waals surface area contributed by atoms with Gasteiger partial charge in [-0.05, 0) is 35.6 Å². The van der Waals surface area contributed by atoms with Gasteiger partial charge in [0.05, 0.1) is 11.8 Å². The van der Waals surface area contributed by atoms with Crippen molar-refractivity contribution < 1.29 is 9.84 Å². The van der Waals surface area contributed by atoms with Crippen LogP contribution < -0.4 is 15.0 Å². The Morgan fingerprint density at radius 3 is 2.48 bits per heavy atom. The molecule has 1 aliphatic rings. The standard InChI is InChI=1S/C22H30N2O2.ClH/c1-15(2)23-19-12-10-17-18(22(19)25)11-13-20(21(17)24(3)4)26-14-16-8-6-5-7-9-16;/h5-9,11,13,15,19,22-23,25H,10,12,14H2,1-4H3;1H. The molecular weight excluding hydrogens is 360 g/mol. The number of aliphatic hydroxyl groups excluding tert-OH is 1. The number of halogens is 1. The van der Waals surface area contributed by atoms with Crippen molar-refractivity contribution in [2.24, 2.45) is 0 Å². The van der Waals surface area contributed by atoms with Gasteiger partial charge in [0.1, 0.15) is 12.4 Å². The molecule has 0 aromatic heterocycles. The molecule has 1 aliphatic carbocycles. The number of nitrogens with zero attached hydrogens (tertiary/aromatic N) is 1. The lowest BCUT2D eigenvalue weighted by molar-refractivity contribution is 0.110. The van der Waals surface area contributed by atoms with E-state index in [1.165, 1.54) is 5.56 Å². The Bertz CT molecular complexity index is 735. The van der Waals surface area contributed by atoms with Crippen LogP contribution in [-0.4, -0.2) is 31.3 Å². The van der Waals surface area contributed by atoms with Gasteiger partial charge in [0.2, 0.25) is 0 Å². The normalized spacial score (nSPS) is 18.6. The van der Waals surface area contributed by atoms with Gasteiger partial charge in [0.15, 0.2) is 0 Å². The average Bonchev–Trinajstić information content (AvgIpc) is 2.62. The van der Waals surface area contributed by atoms with Crippen LogP contribution in [0.5, 0.6) is 5.75 Å². The van der Waals surface area contributed by atoms with Crippen LogP contribution in [-0.2, 0) is 13.0 Å². The molecule has 0 aliphatic heterocycles. The van der Waals surface area contributed by atoms with Crippen molar-refractivity contribution in [1.82, 2.24) is 5.32 Å². The van der Waals surface area contributed by atoms with Crippen LogP contribution in [0.2, 0.25) is 0 Å². The third-order valence-electron chi connectivity index (χ3n) is 4.92. The van der Waals surface area contributed by atoms with Crippen LogP contribution in [0.3, 0.4) is 0 Å². The summed E-state index contributed by atoms with van der Waals surface area (Å²) in [7, 11) is 4.08. The molecule has 0 saturated carbocycles. The maximum Gasteiger partial charge on any atom is 0.143 e. The van der Waals surface area contributed by atoms with Crippen LogP contribution in [0.25, 0.3) is 0 Å². The van der Waals surface area contributed by atoms with Crippen molar-refractivity contribution in [3.63, 3.8) is 0 Å². The van der Waals surface area contributed by atoms with Crippen molar-refractivity contribution in [3.05, 3.63) is 59.2 Å². The molecule has 3 rings (SSSR count). The minimum atomic E-state index is -0.483. The van der Waals surface area contributed by atoms with Crippen LogP contribution in [0.4, 0.5) is 5.69 Å². The molecule has 148 valence electrons. The number of fused-ring (bicyclic) bond motifs is 1. The maximum absolute atomic E-state index is 10.9. The van der Waals surface area contributed by atoms with Gasteiger partial charge in [-0.15, -0.1) is 12.4 Å². The van der Waals surface area contributed by atoms with Crippen LogP contribution in [0.15, 0.2) is 42.5 Å². The Labute approximate surface area is 169 Å². The molecule has 27 heavy (non-hydrogen) atoms. The van der Waals surface area contributed by atoms with E-state index in [0.29, 0.717) is 12.6 Å². The molecule has 4 nitrogen and oxygen atoms in total. The minimum absolute atomic E-state index is 0. The lowest BCUT2D eigenvalue weighted by Crippen LogP contribution is -2.42. The summed E-state index contributed by atoms with van der Waals surface area (Å²) in [4.78, 5) is 2.10. The second-order valence-electron chi connectivity index (χ2n) is 7.56. The second-order valence-corrected chi connectivity index (χ2v) is 7.56. The maximum atomic E-state index is 10.9. The number of anilines is 1. The number of hydrogen-bond donors (Lipinski definition) is 2. The van der Waals surface area contributed by atoms with E-state index in [-0.39, 0.29) is 18.4 Å². The van der Waals surface area contributed by atoms with Crippen molar-refractivity contribution in [3.8, 4) is 5.75 Å². The Morgan fingerprint density at radius 1 is 1.15 bits per heavy atom. The fraction of sp³-hybridized carbons (Fsp3) is 0.455. The van der Waals surface area contributed by atoms with Crippen molar-refractivity contribution in [2.45, 2.75) is 51.5 Å². The zero-order chi connectivity index (χ0) is 18.7. The number of benzene rings is 2. The molecule has 0 amide bonds. The molecule has 2 aromatic rings. The van der Waals surface area contributed by atoms with E-state index < -0.39 is 6.10 Å². The van der Waals surface area contributed by atoms with Gasteiger partial charge >= 0.3 is 0 Å². The lowest BCUT2D eigenvalue weighted by Gasteiger charge is -2.35. The van der Waals surface area contributed by atoms with Crippen molar-refractivity contribution in [2.75, 3.05) is 19.0 Å². The van der Waals surface area contributed by atoms with E-state index in [9.17, 15) is 5.11 Å². The lowest BCUT2D eigenvalue weighted by atomic mass is 9.84. The largest absolute Gasteiger partial charge is 0.487 e. The highest BCUT2D eigenvalue weighted by Crippen LogP contribution is 2.41. The van der Waals surface area contributed by atoms with Gasteiger partial charge in [0, 0.05) is 26.2 Å². The summed E-state index contributed by atoms with van der Waals surface area (Å²) in [5.41, 5.74) is 4.46. The quantitative estimate of drug-likeness (QED) is 0.779. The molecular formula is C22H31ClN2O2. The third-order valence-corrected chi connectivity index (χ3v) is 4.92. The highest BCUT2D eigenvalue weighted by atomic mass is 35.5. The minimum Gasteiger partial charge on any atom is -0.487 e. The molecule has 2 N–H and O–H groups in total. The summed E-state index contributed by atoms with van der Waals surface area (Å²) in [6.07, 6.45) is 1.38. The summed E-state index contributed by atoms with van der Waals surface area (Å²) < 4.78 is 6.14. The van der Waals surface area contributed by atoms with Crippen LogP contribution >= 0.6 is 12.4 Å². The Hall–Kier alpha value is -1.75. The van der Waals surface area contributed by atoms with E-state index >= 15 is 0 Å². The van der Waals surface area contributed by atoms with Gasteiger partial charge in [-0.25, -0.2) is 0 Å². The zero-order valence-corrected chi connectivity index (χ0v) is 17.4. The van der Waals surface area contributed by atoms with Crippen LogP contribution in [0, 0.1) is 0 Å². The zero-order valence-electron chi connectivity index (χ0n) is 16.6. The molecule has 0 bridgehead atoms. The van der Waals surface area contributed by atoms with Gasteiger partial charge < -0.3 is 20.1 Å². The van der Waals surface area contributed by atoms with Crippen molar-refractivity contribution >= 4 is 18.1 Å². The Balaban J connectivity index is 0.00000261. The topological polar surface area (TPSA) is 44.7 Å². The SMILES string of the molecule is CC(C)NC1CCc2c(ccc(OCc3ccccc3)c2N(C)C)C1O.Cl. The fourth-order valence-corrected chi connectivity index (χ4v) is 3.79. The first-order valence-corrected chi connectivity index (χ1v) is 9.41. The van der Waals surface area contributed by atoms with Gasteiger partial charge in [-0.3, -0.25) is 0 Å². The number of nitrogens with one attached hydrogen (secondary N) is 1. The van der Waals surface area contributed by atoms with E-state index in [2.05, 4.69) is 36.2 Å². The Kier molecular flexibility index (Phi) is 7.54. The average molecular weight is 391 g/mol. The van der Waals surface area contributed by atoms with E-state index in [0.717, 1.165) is 35.4 Å². The second kappa shape index (κ2) is 9.45. The summed E-state index contributed by atoms with van der Waals surface area (Å²) in [5, 5.41) is 14.3. The highest BCUT2D eigenvalue weighted by molar-refractivity contribution is 5.85. The van der Waals surface area contributed by atoms with E-state index in [1.807, 2.05) is 44.4 Å². The highest BCUT2D eigenvalue weighted by Gasteiger charge is 2.31. The molecule has 2 unspecified atom stereocenters. The summed E-state index contributed by atoms with van der Waals surface area (Å²) in [5.74, 6) is 0.875. The molecule has 0 radical (unpaired) electrons. The monoisotopic (exact) mass is 390 g/mol. The fourth-order valence-electron chi connectivity index (χ4n) is 3.79. The number of aliphatic hydroxyl groups is 1. The van der Waals surface area contributed by atoms with Crippen LogP contribution in [0.1, 0.15) is 43.1 Å². The summed E-state index contributed by atoms with van der Waals surface area (Å²) in [6.45, 7) is 4.78. The molecule has 5 heteroatoms. The van der Waals surface area contributed by atoms with Gasteiger partial charge in [-0.2, -0.15) is 0 Å². The molecule has 0 fully saturated rings. The molecule has 0 saturated heterocycles. The van der Waals surface area contributed by atoms with E-state index in [4.69, 9.17) is 4.74 Å². The number of hydrogen-bond acceptors (Lipinski definition) is 4. The summed E-state index contributed by atoms with van der Waals surface area (Å²) in [6, 6.07) is 14.7. The predicted octanol–water partition coefficient (Wildman–Crippen LogP) is 4.10.